The summed E-state index contributed by atoms with van der Waals surface area (Å²) < 4.78 is 17.2. The van der Waals surface area contributed by atoms with Crippen molar-refractivity contribution in [2.24, 2.45) is 0 Å². The molecule has 0 aliphatic heterocycles. The van der Waals surface area contributed by atoms with Crippen LogP contribution in [-0.2, 0) is 11.3 Å². The van der Waals surface area contributed by atoms with Gasteiger partial charge in [-0.15, -0.1) is 0 Å². The summed E-state index contributed by atoms with van der Waals surface area (Å²) >= 11 is 3.42. The number of halogens is 1. The first kappa shape index (κ1) is 21.8. The largest absolute Gasteiger partial charge is 0.497 e. The van der Waals surface area contributed by atoms with Crippen molar-refractivity contribution >= 4 is 21.8 Å². The zero-order valence-electron chi connectivity index (χ0n) is 17.4. The van der Waals surface area contributed by atoms with E-state index in [1.165, 1.54) is 0 Å². The van der Waals surface area contributed by atoms with Gasteiger partial charge in [-0.3, -0.25) is 4.79 Å². The molecule has 0 spiro atoms. The Hall–Kier alpha value is -2.87. The number of nitrogens with zero attached hydrogens (tertiary/aromatic N) is 3. The van der Waals surface area contributed by atoms with Crippen molar-refractivity contribution in [1.29, 1.82) is 0 Å². The van der Waals surface area contributed by atoms with Gasteiger partial charge in [0.2, 0.25) is 11.7 Å². The summed E-state index contributed by atoms with van der Waals surface area (Å²) in [6, 6.07) is 13.0. The van der Waals surface area contributed by atoms with Gasteiger partial charge in [0.1, 0.15) is 18.0 Å². The Morgan fingerprint density at radius 1 is 1.20 bits per heavy atom. The van der Waals surface area contributed by atoms with Crippen LogP contribution in [0, 0.1) is 6.92 Å². The average molecular weight is 474 g/mol. The lowest BCUT2D eigenvalue weighted by Crippen LogP contribution is -2.39. The molecule has 0 aliphatic rings. The fourth-order valence-electron chi connectivity index (χ4n) is 2.88. The second-order valence-electron chi connectivity index (χ2n) is 7.05. The van der Waals surface area contributed by atoms with Crippen molar-refractivity contribution in [3.8, 4) is 22.9 Å². The molecule has 0 saturated heterocycles. The molecule has 3 aromatic rings. The van der Waals surface area contributed by atoms with E-state index in [4.69, 9.17) is 14.0 Å². The van der Waals surface area contributed by atoms with Crippen LogP contribution in [-0.4, -0.2) is 40.7 Å². The van der Waals surface area contributed by atoms with E-state index in [9.17, 15) is 4.79 Å². The molecular formula is C22H24BrN3O4. The third-order valence-corrected chi connectivity index (χ3v) is 5.05. The number of ether oxygens (including phenoxy) is 2. The molecule has 8 heteroatoms. The van der Waals surface area contributed by atoms with Crippen LogP contribution in [0.25, 0.3) is 11.4 Å². The molecule has 1 amide bonds. The number of hydrogen-bond donors (Lipinski definition) is 0. The van der Waals surface area contributed by atoms with Crippen molar-refractivity contribution in [3.05, 3.63) is 58.4 Å². The molecule has 0 aliphatic carbocycles. The van der Waals surface area contributed by atoms with Gasteiger partial charge in [0, 0.05) is 16.1 Å². The molecule has 7 nitrogen and oxygen atoms in total. The normalized spacial score (nSPS) is 10.9. The second-order valence-corrected chi connectivity index (χ2v) is 7.97. The molecule has 0 bridgehead atoms. The summed E-state index contributed by atoms with van der Waals surface area (Å²) in [6.07, 6.45) is 0. The van der Waals surface area contributed by atoms with Gasteiger partial charge in [0.25, 0.3) is 5.91 Å². The third kappa shape index (κ3) is 5.38. The fraction of sp³-hybridized carbons (Fsp3) is 0.318. The fourth-order valence-corrected chi connectivity index (χ4v) is 3.35. The smallest absolute Gasteiger partial charge is 0.261 e. The molecule has 1 heterocycles. The highest BCUT2D eigenvalue weighted by molar-refractivity contribution is 9.10. The minimum atomic E-state index is -0.156. The summed E-state index contributed by atoms with van der Waals surface area (Å²) in [4.78, 5) is 18.9. The van der Waals surface area contributed by atoms with Crippen molar-refractivity contribution in [2.45, 2.75) is 33.4 Å². The van der Waals surface area contributed by atoms with Gasteiger partial charge in [-0.05, 0) is 68.8 Å². The van der Waals surface area contributed by atoms with Gasteiger partial charge in [0.05, 0.1) is 7.11 Å². The second kappa shape index (κ2) is 9.75. The first-order chi connectivity index (χ1) is 14.4. The number of amides is 1. The molecule has 3 rings (SSSR count). The van der Waals surface area contributed by atoms with Gasteiger partial charge in [-0.25, -0.2) is 0 Å². The molecule has 1 aromatic heterocycles. The summed E-state index contributed by atoms with van der Waals surface area (Å²) in [5.74, 6) is 2.10. The van der Waals surface area contributed by atoms with Crippen LogP contribution >= 0.6 is 15.9 Å². The van der Waals surface area contributed by atoms with Crippen LogP contribution in [0.5, 0.6) is 11.5 Å². The standard InChI is InChI=1S/C22H24BrN3O4/c1-14(2)26(21(27)13-29-19-10-7-17(23)11-15(19)3)12-20-24-22(25-30-20)16-5-8-18(28-4)9-6-16/h5-11,14H,12-13H2,1-4H3. The van der Waals surface area contributed by atoms with Crippen LogP contribution in [0.3, 0.4) is 0 Å². The lowest BCUT2D eigenvalue weighted by molar-refractivity contribution is -0.136. The Morgan fingerprint density at radius 3 is 2.57 bits per heavy atom. The molecule has 0 radical (unpaired) electrons. The molecule has 0 atom stereocenters. The maximum Gasteiger partial charge on any atom is 0.261 e. The molecule has 2 aromatic carbocycles. The Bertz CT molecular complexity index is 1000. The van der Waals surface area contributed by atoms with E-state index in [0.29, 0.717) is 17.5 Å². The van der Waals surface area contributed by atoms with Gasteiger partial charge in [-0.1, -0.05) is 21.1 Å². The molecule has 30 heavy (non-hydrogen) atoms. The van der Waals surface area contributed by atoms with E-state index < -0.39 is 0 Å². The SMILES string of the molecule is COc1ccc(-c2noc(CN(C(=O)COc3ccc(Br)cc3C)C(C)C)n2)cc1. The number of aryl methyl sites for hydroxylation is 1. The Labute approximate surface area is 184 Å². The lowest BCUT2D eigenvalue weighted by atomic mass is 10.2. The zero-order chi connectivity index (χ0) is 21.7. The predicted molar refractivity (Wildman–Crippen MR) is 116 cm³/mol. The molecule has 0 fully saturated rings. The number of hydrogen-bond acceptors (Lipinski definition) is 6. The van der Waals surface area contributed by atoms with Crippen LogP contribution in [0.4, 0.5) is 0 Å². The van der Waals surface area contributed by atoms with E-state index in [2.05, 4.69) is 26.1 Å². The minimum absolute atomic E-state index is 0.0524. The summed E-state index contributed by atoms with van der Waals surface area (Å²) in [5.41, 5.74) is 1.76. The maximum atomic E-state index is 12.8. The van der Waals surface area contributed by atoms with E-state index in [0.717, 1.165) is 21.3 Å². The maximum absolute atomic E-state index is 12.8. The summed E-state index contributed by atoms with van der Waals surface area (Å²) in [6.45, 7) is 5.94. The number of benzene rings is 2. The van der Waals surface area contributed by atoms with Gasteiger partial charge >= 0.3 is 0 Å². The first-order valence-electron chi connectivity index (χ1n) is 9.53. The van der Waals surface area contributed by atoms with E-state index in [-0.39, 0.29) is 25.1 Å². The number of rotatable bonds is 8. The van der Waals surface area contributed by atoms with Crippen LogP contribution in [0.1, 0.15) is 25.3 Å². The van der Waals surface area contributed by atoms with Gasteiger partial charge in [0.15, 0.2) is 6.61 Å². The van der Waals surface area contributed by atoms with E-state index in [1.54, 1.807) is 12.0 Å². The number of carbonyl (C=O) groups is 1. The summed E-state index contributed by atoms with van der Waals surface area (Å²) in [7, 11) is 1.61. The van der Waals surface area contributed by atoms with Gasteiger partial charge < -0.3 is 18.9 Å². The van der Waals surface area contributed by atoms with Crippen LogP contribution < -0.4 is 9.47 Å². The highest BCUT2D eigenvalue weighted by Crippen LogP contribution is 2.23. The van der Waals surface area contributed by atoms with Crippen LogP contribution in [0.15, 0.2) is 51.5 Å². The van der Waals surface area contributed by atoms with Gasteiger partial charge in [-0.2, -0.15) is 4.98 Å². The lowest BCUT2D eigenvalue weighted by Gasteiger charge is -2.25. The van der Waals surface area contributed by atoms with Crippen molar-refractivity contribution < 1.29 is 18.8 Å². The Balaban J connectivity index is 1.66. The molecule has 158 valence electrons. The third-order valence-electron chi connectivity index (χ3n) is 4.55. The predicted octanol–water partition coefficient (Wildman–Crippen LogP) is 4.63. The topological polar surface area (TPSA) is 77.7 Å². The van der Waals surface area contributed by atoms with Crippen molar-refractivity contribution in [1.82, 2.24) is 15.0 Å². The minimum Gasteiger partial charge on any atom is -0.497 e. The molecule has 0 unspecified atom stereocenters. The monoisotopic (exact) mass is 473 g/mol. The first-order valence-corrected chi connectivity index (χ1v) is 10.3. The highest BCUT2D eigenvalue weighted by atomic mass is 79.9. The number of carbonyl (C=O) groups excluding carboxylic acids is 1. The molecule has 0 N–H and O–H groups in total. The number of aromatic nitrogens is 2. The van der Waals surface area contributed by atoms with E-state index >= 15 is 0 Å². The summed E-state index contributed by atoms with van der Waals surface area (Å²) in [5, 5.41) is 4.03. The Kier molecular flexibility index (Phi) is 7.10. The zero-order valence-corrected chi connectivity index (χ0v) is 19.0. The Morgan fingerprint density at radius 2 is 1.93 bits per heavy atom. The van der Waals surface area contributed by atoms with Crippen LogP contribution in [0.2, 0.25) is 0 Å². The van der Waals surface area contributed by atoms with Crippen molar-refractivity contribution in [3.63, 3.8) is 0 Å². The number of methoxy groups -OCH3 is 1. The van der Waals surface area contributed by atoms with E-state index in [1.807, 2.05) is 63.2 Å². The molecular weight excluding hydrogens is 450 g/mol. The molecule has 0 saturated carbocycles. The highest BCUT2D eigenvalue weighted by Gasteiger charge is 2.21. The van der Waals surface area contributed by atoms with Crippen molar-refractivity contribution in [2.75, 3.05) is 13.7 Å². The quantitative estimate of drug-likeness (QED) is 0.474. The average Bonchev–Trinajstić information content (AvgIpc) is 3.20.